The Labute approximate surface area is 69.8 Å². The Morgan fingerprint density at radius 2 is 1.17 bits per heavy atom. The molecule has 0 aliphatic rings. The molecule has 0 aliphatic heterocycles. The van der Waals surface area contributed by atoms with Crippen LogP contribution < -0.4 is 10.2 Å². The molecule has 0 bridgehead atoms. The molecule has 0 N–H and O–H groups in total. The molecule has 0 aromatic carbocycles. The molecule has 0 unspecified atom stereocenters. The first-order valence-electron chi connectivity index (χ1n) is 3.23. The van der Waals surface area contributed by atoms with Gasteiger partial charge in [-0.2, -0.15) is 0 Å². The molecule has 0 saturated heterocycles. The van der Waals surface area contributed by atoms with Crippen LogP contribution in [0.2, 0.25) is 0 Å². The van der Waals surface area contributed by atoms with E-state index in [2.05, 4.69) is 0 Å². The zero-order valence-electron chi connectivity index (χ0n) is 6.79. The molecule has 0 radical (unpaired) electrons. The zero-order valence-corrected chi connectivity index (χ0v) is 6.79. The number of hydrogen-bond donors (Lipinski definition) is 0. The van der Waals surface area contributed by atoms with E-state index in [1.165, 1.54) is 13.8 Å². The van der Waals surface area contributed by atoms with Gasteiger partial charge in [-0.05, 0) is 25.0 Å². The number of allylic oxidation sites excluding steroid dienone is 2. The maximum absolute atomic E-state index is 10.1. The van der Waals surface area contributed by atoms with E-state index < -0.39 is 11.9 Å². The van der Waals surface area contributed by atoms with Gasteiger partial charge in [-0.15, -0.1) is 0 Å². The van der Waals surface area contributed by atoms with Crippen molar-refractivity contribution in [1.29, 1.82) is 0 Å². The Morgan fingerprint density at radius 1 is 0.917 bits per heavy atom. The van der Waals surface area contributed by atoms with Crippen LogP contribution in [0, 0.1) is 0 Å². The summed E-state index contributed by atoms with van der Waals surface area (Å²) >= 11 is 0. The standard InChI is InChI=1S/C8H10O4/c1-5(7(9)10)3-4-6(2)8(11)12/h3-4H,1-2H3,(H,9,10)(H,11,12)/p-2/b5-3+,6-4+. The number of carbonyl (C=O) groups is 2. The highest BCUT2D eigenvalue weighted by atomic mass is 16.4. The van der Waals surface area contributed by atoms with Crippen LogP contribution in [0.3, 0.4) is 0 Å². The van der Waals surface area contributed by atoms with Gasteiger partial charge in [0.15, 0.2) is 0 Å². The lowest BCUT2D eigenvalue weighted by atomic mass is 10.2. The van der Waals surface area contributed by atoms with Gasteiger partial charge in [-0.3, -0.25) is 0 Å². The monoisotopic (exact) mass is 168 g/mol. The fourth-order valence-electron chi connectivity index (χ4n) is 0.386. The Hall–Kier alpha value is -1.58. The molecule has 0 heterocycles. The van der Waals surface area contributed by atoms with E-state index in [4.69, 9.17) is 0 Å². The van der Waals surface area contributed by atoms with Gasteiger partial charge in [0, 0.05) is 0 Å². The number of carboxylic acids is 2. The van der Waals surface area contributed by atoms with Crippen molar-refractivity contribution in [2.45, 2.75) is 13.8 Å². The molecule has 0 aliphatic carbocycles. The van der Waals surface area contributed by atoms with Crippen molar-refractivity contribution in [1.82, 2.24) is 0 Å². The van der Waals surface area contributed by atoms with Gasteiger partial charge in [0.2, 0.25) is 0 Å². The van der Waals surface area contributed by atoms with Gasteiger partial charge in [0.05, 0.1) is 11.9 Å². The molecule has 4 nitrogen and oxygen atoms in total. The number of rotatable bonds is 3. The maximum atomic E-state index is 10.1. The topological polar surface area (TPSA) is 80.3 Å². The lowest BCUT2D eigenvalue weighted by molar-refractivity contribution is -0.300. The van der Waals surface area contributed by atoms with Crippen molar-refractivity contribution in [2.24, 2.45) is 0 Å². The van der Waals surface area contributed by atoms with Crippen LogP contribution in [0.4, 0.5) is 0 Å². The lowest BCUT2D eigenvalue weighted by Gasteiger charge is -2.01. The van der Waals surface area contributed by atoms with E-state index in [1.54, 1.807) is 0 Å². The van der Waals surface area contributed by atoms with Gasteiger partial charge in [-0.25, -0.2) is 0 Å². The Bertz CT molecular complexity index is 232. The summed E-state index contributed by atoms with van der Waals surface area (Å²) in [6.07, 6.45) is 2.31. The van der Waals surface area contributed by atoms with Crippen molar-refractivity contribution in [2.75, 3.05) is 0 Å². The van der Waals surface area contributed by atoms with Gasteiger partial charge in [0.1, 0.15) is 0 Å². The van der Waals surface area contributed by atoms with E-state index >= 15 is 0 Å². The molecule has 0 atom stereocenters. The molecule has 0 spiro atoms. The number of hydrogen-bond acceptors (Lipinski definition) is 4. The zero-order chi connectivity index (χ0) is 9.72. The summed E-state index contributed by atoms with van der Waals surface area (Å²) in [5.74, 6) is -2.64. The second-order valence-electron chi connectivity index (χ2n) is 2.27. The van der Waals surface area contributed by atoms with Crippen molar-refractivity contribution < 1.29 is 19.8 Å². The number of carbonyl (C=O) groups excluding carboxylic acids is 2. The Morgan fingerprint density at radius 3 is 1.33 bits per heavy atom. The minimum Gasteiger partial charge on any atom is -0.545 e. The molecular weight excluding hydrogens is 160 g/mol. The van der Waals surface area contributed by atoms with Crippen LogP contribution in [-0.2, 0) is 9.59 Å². The third-order valence-electron chi connectivity index (χ3n) is 1.23. The highest BCUT2D eigenvalue weighted by molar-refractivity contribution is 5.86. The molecule has 0 amide bonds. The summed E-state index contributed by atoms with van der Waals surface area (Å²) in [6.45, 7) is 2.63. The van der Waals surface area contributed by atoms with E-state index in [1.807, 2.05) is 0 Å². The van der Waals surface area contributed by atoms with E-state index in [9.17, 15) is 19.8 Å². The van der Waals surface area contributed by atoms with Crippen LogP contribution in [0.5, 0.6) is 0 Å². The Kier molecular flexibility index (Phi) is 3.76. The second kappa shape index (κ2) is 4.33. The first kappa shape index (κ1) is 10.4. The summed E-state index contributed by atoms with van der Waals surface area (Å²) in [5.41, 5.74) is -0.0637. The van der Waals surface area contributed by atoms with Crippen molar-refractivity contribution >= 4 is 11.9 Å². The van der Waals surface area contributed by atoms with Crippen molar-refractivity contribution in [3.63, 3.8) is 0 Å². The largest absolute Gasteiger partial charge is 0.545 e. The summed E-state index contributed by atoms with van der Waals surface area (Å²) in [4.78, 5) is 20.2. The number of aliphatic carboxylic acids is 2. The predicted molar refractivity (Wildman–Crippen MR) is 37.5 cm³/mol. The number of carboxylic acid groups (broad SMARTS) is 2. The van der Waals surface area contributed by atoms with Gasteiger partial charge >= 0.3 is 0 Å². The summed E-state index contributed by atoms with van der Waals surface area (Å²) in [7, 11) is 0. The Balaban J connectivity index is 4.48. The summed E-state index contributed by atoms with van der Waals surface area (Å²) in [6, 6.07) is 0. The fourth-order valence-corrected chi connectivity index (χ4v) is 0.386. The molecule has 0 aromatic rings. The van der Waals surface area contributed by atoms with Crippen LogP contribution >= 0.6 is 0 Å². The highest BCUT2D eigenvalue weighted by Gasteiger charge is 1.88. The normalized spacial score (nSPS) is 12.8. The molecule has 0 fully saturated rings. The molecule has 12 heavy (non-hydrogen) atoms. The van der Waals surface area contributed by atoms with Crippen molar-refractivity contribution in [3.05, 3.63) is 23.3 Å². The summed E-state index contributed by atoms with van der Waals surface area (Å²) in [5, 5.41) is 20.2. The first-order chi connectivity index (χ1) is 5.45. The highest BCUT2D eigenvalue weighted by Crippen LogP contribution is 1.95. The average molecular weight is 168 g/mol. The third kappa shape index (κ3) is 3.55. The van der Waals surface area contributed by atoms with Crippen LogP contribution in [0.15, 0.2) is 23.3 Å². The maximum Gasteiger partial charge on any atom is 0.0672 e. The molecular formula is C8H8O4-2. The minimum atomic E-state index is -1.32. The quantitative estimate of drug-likeness (QED) is 0.374. The summed E-state index contributed by atoms with van der Waals surface area (Å²) < 4.78 is 0. The van der Waals surface area contributed by atoms with Gasteiger partial charge in [-0.1, -0.05) is 12.2 Å². The van der Waals surface area contributed by atoms with Crippen LogP contribution in [0.25, 0.3) is 0 Å². The lowest BCUT2D eigenvalue weighted by Crippen LogP contribution is -2.24. The van der Waals surface area contributed by atoms with E-state index in [0.29, 0.717) is 0 Å². The van der Waals surface area contributed by atoms with Gasteiger partial charge in [0.25, 0.3) is 0 Å². The smallest absolute Gasteiger partial charge is 0.0672 e. The average Bonchev–Trinajstić information content (AvgIpc) is 1.98. The van der Waals surface area contributed by atoms with Crippen LogP contribution in [-0.4, -0.2) is 11.9 Å². The van der Waals surface area contributed by atoms with E-state index in [0.717, 1.165) is 12.2 Å². The SMILES string of the molecule is C/C(=C\C=C(/C)C(=O)[O-])C(=O)[O-]. The molecule has 0 aromatic heterocycles. The third-order valence-corrected chi connectivity index (χ3v) is 1.23. The van der Waals surface area contributed by atoms with E-state index in [-0.39, 0.29) is 11.1 Å². The fraction of sp³-hybridized carbons (Fsp3) is 0.250. The van der Waals surface area contributed by atoms with Crippen molar-refractivity contribution in [3.8, 4) is 0 Å². The first-order valence-corrected chi connectivity index (χ1v) is 3.23. The van der Waals surface area contributed by atoms with Gasteiger partial charge < -0.3 is 19.8 Å². The minimum absolute atomic E-state index is 0.0319. The second-order valence-corrected chi connectivity index (χ2v) is 2.27. The predicted octanol–water partition coefficient (Wildman–Crippen LogP) is -1.62. The van der Waals surface area contributed by atoms with Crippen LogP contribution in [0.1, 0.15) is 13.8 Å². The molecule has 0 saturated carbocycles. The molecule has 4 heteroatoms. The molecule has 0 rings (SSSR count). The molecule has 66 valence electrons.